The van der Waals surface area contributed by atoms with E-state index in [2.05, 4.69) is 20.0 Å². The molecule has 0 bridgehead atoms. The van der Waals surface area contributed by atoms with E-state index in [9.17, 15) is 4.79 Å². The fraction of sp³-hybridized carbons (Fsp3) is 0.0800. The molecular weight excluding hydrogens is 400 g/mol. The number of hydrogen-bond donors (Lipinski definition) is 3. The van der Waals surface area contributed by atoms with Gasteiger partial charge in [-0.3, -0.25) is 9.20 Å². The Bertz CT molecular complexity index is 1440. The highest BCUT2D eigenvalue weighted by atomic mass is 16.1. The van der Waals surface area contributed by atoms with Crippen LogP contribution < -0.4 is 16.4 Å². The zero-order valence-corrected chi connectivity index (χ0v) is 17.5. The van der Waals surface area contributed by atoms with Crippen molar-refractivity contribution in [2.24, 2.45) is 0 Å². The van der Waals surface area contributed by atoms with E-state index in [0.29, 0.717) is 16.9 Å². The summed E-state index contributed by atoms with van der Waals surface area (Å²) in [7, 11) is 0. The number of nitrogens with one attached hydrogen (secondary N) is 2. The molecule has 1 amide bonds. The molecule has 158 valence electrons. The van der Waals surface area contributed by atoms with Crippen molar-refractivity contribution in [3.8, 4) is 11.3 Å². The Labute approximate surface area is 184 Å². The number of aromatic nitrogens is 3. The number of carbonyl (C=O) groups excluding carboxylic acids is 1. The fourth-order valence-electron chi connectivity index (χ4n) is 3.78. The van der Waals surface area contributed by atoms with Crippen LogP contribution in [0.25, 0.3) is 27.9 Å². The van der Waals surface area contributed by atoms with Crippen LogP contribution in [0.1, 0.15) is 17.3 Å². The topological polar surface area (TPSA) is 97.3 Å². The maximum Gasteiger partial charge on any atom is 0.255 e. The van der Waals surface area contributed by atoms with E-state index in [-0.39, 0.29) is 5.91 Å². The maximum atomic E-state index is 12.6. The molecule has 0 aliphatic heterocycles. The van der Waals surface area contributed by atoms with Crippen LogP contribution in [0.2, 0.25) is 0 Å². The van der Waals surface area contributed by atoms with E-state index in [1.54, 1.807) is 18.2 Å². The third kappa shape index (κ3) is 3.50. The highest BCUT2D eigenvalue weighted by Crippen LogP contribution is 2.28. The number of amides is 1. The van der Waals surface area contributed by atoms with E-state index in [4.69, 9.17) is 10.7 Å². The van der Waals surface area contributed by atoms with Crippen molar-refractivity contribution in [2.75, 3.05) is 22.9 Å². The first-order valence-electron chi connectivity index (χ1n) is 10.4. The Morgan fingerprint density at radius 2 is 1.84 bits per heavy atom. The molecule has 7 heteroatoms. The van der Waals surface area contributed by atoms with Gasteiger partial charge in [0.15, 0.2) is 11.5 Å². The summed E-state index contributed by atoms with van der Waals surface area (Å²) in [5.74, 6) is 0.556. The lowest BCUT2D eigenvalue weighted by Gasteiger charge is -2.11. The average molecular weight is 422 g/mol. The molecular formula is C25H22N6O. The van der Waals surface area contributed by atoms with Crippen LogP contribution >= 0.6 is 0 Å². The summed E-state index contributed by atoms with van der Waals surface area (Å²) in [6.45, 7) is 2.78. The molecule has 3 aromatic carbocycles. The van der Waals surface area contributed by atoms with Crippen molar-refractivity contribution in [3.63, 3.8) is 0 Å². The predicted molar refractivity (Wildman–Crippen MR) is 129 cm³/mol. The van der Waals surface area contributed by atoms with Crippen LogP contribution in [0.3, 0.4) is 0 Å². The van der Waals surface area contributed by atoms with Gasteiger partial charge in [-0.1, -0.05) is 30.3 Å². The molecule has 0 unspecified atom stereocenters. The van der Waals surface area contributed by atoms with E-state index >= 15 is 0 Å². The monoisotopic (exact) mass is 422 g/mol. The fourth-order valence-corrected chi connectivity index (χ4v) is 3.78. The minimum Gasteiger partial charge on any atom is -0.399 e. The molecule has 5 rings (SSSR count). The molecule has 2 aromatic heterocycles. The molecule has 0 saturated heterocycles. The summed E-state index contributed by atoms with van der Waals surface area (Å²) >= 11 is 0. The van der Waals surface area contributed by atoms with E-state index in [1.807, 2.05) is 67.7 Å². The van der Waals surface area contributed by atoms with Gasteiger partial charge >= 0.3 is 0 Å². The lowest BCUT2D eigenvalue weighted by Crippen LogP contribution is -2.11. The number of nitrogen functional groups attached to an aromatic ring is 1. The van der Waals surface area contributed by atoms with Crippen molar-refractivity contribution in [3.05, 3.63) is 84.6 Å². The number of fused-ring (bicyclic) bond motifs is 3. The second kappa shape index (κ2) is 8.03. The Morgan fingerprint density at radius 3 is 2.62 bits per heavy atom. The maximum absolute atomic E-state index is 12.6. The molecule has 32 heavy (non-hydrogen) atoms. The van der Waals surface area contributed by atoms with Crippen LogP contribution in [-0.4, -0.2) is 26.8 Å². The van der Waals surface area contributed by atoms with Gasteiger partial charge in [0.2, 0.25) is 0 Å². The van der Waals surface area contributed by atoms with Crippen molar-refractivity contribution in [2.45, 2.75) is 6.92 Å². The Balaban J connectivity index is 1.53. The van der Waals surface area contributed by atoms with Gasteiger partial charge in [0.1, 0.15) is 0 Å². The third-order valence-electron chi connectivity index (χ3n) is 5.26. The summed E-state index contributed by atoms with van der Waals surface area (Å²) in [6, 6.07) is 22.6. The Hall–Kier alpha value is -4.39. The number of benzene rings is 3. The van der Waals surface area contributed by atoms with Crippen molar-refractivity contribution < 1.29 is 4.79 Å². The second-order valence-corrected chi connectivity index (χ2v) is 7.44. The van der Waals surface area contributed by atoms with Gasteiger partial charge in [0.25, 0.3) is 5.91 Å². The summed E-state index contributed by atoms with van der Waals surface area (Å²) in [5, 5.41) is 6.18. The summed E-state index contributed by atoms with van der Waals surface area (Å²) in [6.07, 6.45) is 1.84. The first kappa shape index (κ1) is 19.6. The molecule has 0 spiro atoms. The number of rotatable bonds is 5. The molecule has 2 heterocycles. The second-order valence-electron chi connectivity index (χ2n) is 7.44. The molecule has 0 fully saturated rings. The molecule has 0 saturated carbocycles. The molecule has 0 aliphatic carbocycles. The van der Waals surface area contributed by atoms with E-state index < -0.39 is 0 Å². The largest absolute Gasteiger partial charge is 0.399 e. The minimum absolute atomic E-state index is 0.190. The zero-order chi connectivity index (χ0) is 22.1. The third-order valence-corrected chi connectivity index (χ3v) is 5.26. The van der Waals surface area contributed by atoms with Crippen molar-refractivity contribution >= 4 is 39.8 Å². The minimum atomic E-state index is -0.190. The van der Waals surface area contributed by atoms with Crippen LogP contribution in [0.5, 0.6) is 0 Å². The molecule has 0 aliphatic rings. The average Bonchev–Trinajstić information content (AvgIpc) is 3.25. The Kier molecular flexibility index (Phi) is 4.91. The van der Waals surface area contributed by atoms with Crippen LogP contribution in [-0.2, 0) is 0 Å². The molecule has 5 aromatic rings. The Morgan fingerprint density at radius 1 is 1.03 bits per heavy atom. The van der Waals surface area contributed by atoms with Gasteiger partial charge < -0.3 is 16.4 Å². The highest BCUT2D eigenvalue weighted by molar-refractivity contribution is 6.04. The number of nitrogens with two attached hydrogens (primary N) is 1. The quantitative estimate of drug-likeness (QED) is 0.353. The van der Waals surface area contributed by atoms with Crippen LogP contribution in [0.4, 0.5) is 17.2 Å². The number of para-hydroxylation sites is 2. The first-order chi connectivity index (χ1) is 15.6. The normalized spacial score (nSPS) is 11.0. The number of carbonyl (C=O) groups is 1. The number of anilines is 3. The SMILES string of the molecule is CCNc1nc2ccccc2n2c(-c3ccc(C(=O)Nc4cccc(N)c4)cc3)cnc12. The first-order valence-corrected chi connectivity index (χ1v) is 10.4. The van der Waals surface area contributed by atoms with Crippen molar-refractivity contribution in [1.29, 1.82) is 0 Å². The van der Waals surface area contributed by atoms with Gasteiger partial charge in [-0.2, -0.15) is 0 Å². The zero-order valence-electron chi connectivity index (χ0n) is 17.5. The lowest BCUT2D eigenvalue weighted by molar-refractivity contribution is 0.102. The number of hydrogen-bond acceptors (Lipinski definition) is 5. The van der Waals surface area contributed by atoms with Gasteiger partial charge in [-0.05, 0) is 49.4 Å². The van der Waals surface area contributed by atoms with Gasteiger partial charge in [0, 0.05) is 29.0 Å². The molecule has 0 atom stereocenters. The highest BCUT2D eigenvalue weighted by Gasteiger charge is 2.15. The molecule has 0 radical (unpaired) electrons. The van der Waals surface area contributed by atoms with Gasteiger partial charge in [-0.15, -0.1) is 0 Å². The lowest BCUT2D eigenvalue weighted by atomic mass is 10.1. The smallest absolute Gasteiger partial charge is 0.255 e. The standard InChI is InChI=1S/C25H22N6O/c1-2-27-23-24-28-15-22(31(24)21-9-4-3-8-20(21)30-23)16-10-12-17(13-11-16)25(32)29-19-7-5-6-18(26)14-19/h3-15H,2,26H2,1H3,(H,27,30)(H,29,32). The van der Waals surface area contributed by atoms with Crippen LogP contribution in [0.15, 0.2) is 79.0 Å². The van der Waals surface area contributed by atoms with E-state index in [1.165, 1.54) is 0 Å². The van der Waals surface area contributed by atoms with Crippen LogP contribution in [0, 0.1) is 0 Å². The summed E-state index contributed by atoms with van der Waals surface area (Å²) in [5.41, 5.74) is 12.1. The predicted octanol–water partition coefficient (Wildman–Crippen LogP) is 4.82. The number of nitrogens with zero attached hydrogens (tertiary/aromatic N) is 3. The van der Waals surface area contributed by atoms with E-state index in [0.717, 1.165) is 40.3 Å². The van der Waals surface area contributed by atoms with Crippen molar-refractivity contribution in [1.82, 2.24) is 14.4 Å². The van der Waals surface area contributed by atoms with Gasteiger partial charge in [0.05, 0.1) is 22.9 Å². The number of imidazole rings is 1. The van der Waals surface area contributed by atoms with Gasteiger partial charge in [-0.25, -0.2) is 9.97 Å². The summed E-state index contributed by atoms with van der Waals surface area (Å²) in [4.78, 5) is 22.0. The molecule has 7 nitrogen and oxygen atoms in total. The molecule has 4 N–H and O–H groups in total. The summed E-state index contributed by atoms with van der Waals surface area (Å²) < 4.78 is 2.10.